The Morgan fingerprint density at radius 3 is 1.32 bits per heavy atom. The molecule has 22 heteroatoms. The number of thiophene rings is 2. The van der Waals surface area contributed by atoms with E-state index in [1.165, 1.54) is 43.2 Å². The molecule has 0 radical (unpaired) electrons. The Balaban J connectivity index is 0.000000148. The average molecular weight is 1250 g/mol. The van der Waals surface area contributed by atoms with Gasteiger partial charge in [0, 0.05) is 76.5 Å². The molecule has 0 bridgehead atoms. The largest absolute Gasteiger partial charge is 0.444 e. The number of ether oxygens (including phenoxy) is 2. The van der Waals surface area contributed by atoms with Gasteiger partial charge in [0.2, 0.25) is 0 Å². The number of anilines is 3. The van der Waals surface area contributed by atoms with Crippen molar-refractivity contribution in [1.82, 2.24) is 45.1 Å². The van der Waals surface area contributed by atoms with Crippen molar-refractivity contribution in [2.45, 2.75) is 104 Å². The number of fused-ring (bicyclic) bond motifs is 2. The van der Waals surface area contributed by atoms with E-state index in [1.54, 1.807) is 31.0 Å². The van der Waals surface area contributed by atoms with E-state index in [0.717, 1.165) is 106 Å². The molecule has 3 fully saturated rings. The Morgan fingerprint density at radius 1 is 0.553 bits per heavy atom. The van der Waals surface area contributed by atoms with Crippen LogP contribution in [0.1, 0.15) is 71.9 Å². The van der Waals surface area contributed by atoms with Crippen LogP contribution in [0.3, 0.4) is 0 Å². The zero-order valence-corrected chi connectivity index (χ0v) is 52.1. The maximum atomic E-state index is 13.2. The second-order valence-electron chi connectivity index (χ2n) is 23.5. The molecule has 3 atom stereocenters. The summed E-state index contributed by atoms with van der Waals surface area (Å²) in [5, 5.41) is 16.3. The number of carbonyl (C=O) groups excluding carboxylic acids is 2. The van der Waals surface area contributed by atoms with Crippen molar-refractivity contribution in [1.29, 1.82) is 0 Å². The van der Waals surface area contributed by atoms with Crippen molar-refractivity contribution in [3.8, 4) is 32.3 Å². The van der Waals surface area contributed by atoms with Gasteiger partial charge in [-0.15, -0.1) is 22.7 Å². The van der Waals surface area contributed by atoms with Gasteiger partial charge in [-0.3, -0.25) is 9.59 Å². The molecule has 12 rings (SSSR count). The number of hydrogen-bond donors (Lipinski definition) is 3. The van der Waals surface area contributed by atoms with Crippen molar-refractivity contribution in [3.05, 3.63) is 164 Å². The fourth-order valence-corrected chi connectivity index (χ4v) is 12.4. The number of pyridine rings is 3. The third-order valence-corrected chi connectivity index (χ3v) is 17.1. The quantitative estimate of drug-likeness (QED) is 0.122. The lowest BCUT2D eigenvalue weighted by Gasteiger charge is -2.22. The highest BCUT2D eigenvalue weighted by atomic mass is 79.9. The number of halogens is 1. The maximum absolute atomic E-state index is 13.2. The van der Waals surface area contributed by atoms with E-state index >= 15 is 0 Å². The van der Waals surface area contributed by atoms with Gasteiger partial charge in [0.05, 0.1) is 48.2 Å². The monoisotopic (exact) mass is 1250 g/mol. The van der Waals surface area contributed by atoms with Crippen molar-refractivity contribution < 1.29 is 19.1 Å². The van der Waals surface area contributed by atoms with Gasteiger partial charge in [-0.2, -0.15) is 19.6 Å². The van der Waals surface area contributed by atoms with Gasteiger partial charge >= 0.3 is 12.2 Å². The highest BCUT2D eigenvalue weighted by Gasteiger charge is 2.29. The van der Waals surface area contributed by atoms with Crippen molar-refractivity contribution in [2.75, 3.05) is 54.0 Å². The molecule has 7 aromatic heterocycles. The third kappa shape index (κ3) is 15.3. The van der Waals surface area contributed by atoms with Crippen LogP contribution in [-0.2, 0) is 9.47 Å². The van der Waals surface area contributed by atoms with Crippen molar-refractivity contribution >= 4 is 88.4 Å². The number of hydrogen-bond acceptors (Lipinski definition) is 17. The Labute approximate surface area is 510 Å². The molecule has 442 valence electrons. The van der Waals surface area contributed by atoms with Crippen molar-refractivity contribution in [3.63, 3.8) is 0 Å². The van der Waals surface area contributed by atoms with Gasteiger partial charge in [0.1, 0.15) is 38.1 Å². The van der Waals surface area contributed by atoms with E-state index in [9.17, 15) is 19.2 Å². The number of nitrogens with two attached hydrogens (primary N) is 1. The predicted molar refractivity (Wildman–Crippen MR) is 343 cm³/mol. The molecule has 3 saturated heterocycles. The molecule has 10 heterocycles. The van der Waals surface area contributed by atoms with Gasteiger partial charge in [-0.05, 0) is 150 Å². The zero-order chi connectivity index (χ0) is 60.2. The normalized spacial score (nSPS) is 16.9. The molecule has 19 nitrogen and oxygen atoms in total. The van der Waals surface area contributed by atoms with Crippen LogP contribution in [0.25, 0.3) is 52.4 Å². The lowest BCUT2D eigenvalue weighted by Crippen LogP contribution is -2.40. The van der Waals surface area contributed by atoms with Gasteiger partial charge in [0.15, 0.2) is 0 Å². The minimum atomic E-state index is -0.528. The number of alkyl carbamates (subject to hydrolysis) is 2. The summed E-state index contributed by atoms with van der Waals surface area (Å²) in [7, 11) is 0. The highest BCUT2D eigenvalue weighted by molar-refractivity contribution is 9.10. The SMILES string of the molecule is CC(C)(C)OC(=O)N[C@@H]1CCN(c2ccc(Br)cn2)C1.Cc1ccc(-c2cc3cnn(-c4ccc(N5CC[C@@H](N)C5)nc4)c(=O)c3s2)cc1.Cc1ccc(-c2cc3cnn(-c4ccc(N5CC[C@@H](NC(=O)OC(C)(C)C)C5)nc4)c(=O)c3s2)cc1. The highest BCUT2D eigenvalue weighted by Crippen LogP contribution is 2.34. The lowest BCUT2D eigenvalue weighted by atomic mass is 10.1. The molecule has 85 heavy (non-hydrogen) atoms. The topological polar surface area (TPSA) is 221 Å². The van der Waals surface area contributed by atoms with Gasteiger partial charge < -0.3 is 40.5 Å². The fourth-order valence-electron chi connectivity index (χ4n) is 10.0. The van der Waals surface area contributed by atoms with Crippen LogP contribution in [0.2, 0.25) is 0 Å². The summed E-state index contributed by atoms with van der Waals surface area (Å²) in [6, 6.07) is 32.4. The molecule has 2 aromatic carbocycles. The van der Waals surface area contributed by atoms with Crippen LogP contribution in [0.5, 0.6) is 0 Å². The first kappa shape index (κ1) is 60.1. The van der Waals surface area contributed by atoms with Crippen LogP contribution < -0.4 is 42.2 Å². The van der Waals surface area contributed by atoms with Gasteiger partial charge in [0.25, 0.3) is 11.1 Å². The smallest absolute Gasteiger partial charge is 0.407 e. The molecule has 3 aliphatic rings. The Morgan fingerprint density at radius 2 is 0.953 bits per heavy atom. The second-order valence-corrected chi connectivity index (χ2v) is 26.5. The number of aryl methyl sites for hydroxylation is 2. The molecule has 0 unspecified atom stereocenters. The zero-order valence-electron chi connectivity index (χ0n) is 48.9. The Kier molecular flexibility index (Phi) is 18.1. The number of rotatable bonds is 9. The Hall–Kier alpha value is -8.05. The molecule has 0 spiro atoms. The molecule has 9 aromatic rings. The third-order valence-electron chi connectivity index (χ3n) is 14.3. The van der Waals surface area contributed by atoms with E-state index in [4.69, 9.17) is 15.2 Å². The summed E-state index contributed by atoms with van der Waals surface area (Å²) < 4.78 is 15.8. The average Bonchev–Trinajstić information content (AvgIpc) is 2.46. The number of nitrogens with one attached hydrogen (secondary N) is 2. The second kappa shape index (κ2) is 25.7. The number of carbonyl (C=O) groups is 2. The van der Waals surface area contributed by atoms with Crippen LogP contribution in [0, 0.1) is 13.8 Å². The fraction of sp³-hybridized carbons (Fsp3) is 0.349. The number of nitrogens with zero attached hydrogens (tertiary/aromatic N) is 10. The molecule has 4 N–H and O–H groups in total. The molecule has 0 aliphatic carbocycles. The lowest BCUT2D eigenvalue weighted by molar-refractivity contribution is 0.0497. The van der Waals surface area contributed by atoms with Crippen LogP contribution >= 0.6 is 38.6 Å². The van der Waals surface area contributed by atoms with E-state index in [1.807, 2.05) is 90.1 Å². The van der Waals surface area contributed by atoms with Gasteiger partial charge in [-0.1, -0.05) is 59.7 Å². The molecular formula is C63H70BrN13O6S2. The molecule has 2 amide bonds. The number of aromatic nitrogens is 7. The summed E-state index contributed by atoms with van der Waals surface area (Å²) in [6.45, 7) is 20.0. The summed E-state index contributed by atoms with van der Waals surface area (Å²) in [5.74, 6) is 2.61. The van der Waals surface area contributed by atoms with Gasteiger partial charge in [-0.25, -0.2) is 24.5 Å². The van der Waals surface area contributed by atoms with E-state index in [2.05, 4.69) is 129 Å². The van der Waals surface area contributed by atoms with Crippen LogP contribution in [-0.4, -0.2) is 115 Å². The summed E-state index contributed by atoms with van der Waals surface area (Å²) >= 11 is 6.35. The summed E-state index contributed by atoms with van der Waals surface area (Å²) in [5.41, 5.74) is 10.6. The molecular weight excluding hydrogens is 1180 g/mol. The van der Waals surface area contributed by atoms with Crippen molar-refractivity contribution in [2.24, 2.45) is 5.73 Å². The predicted octanol–water partition coefficient (Wildman–Crippen LogP) is 11.2. The van der Waals surface area contributed by atoms with E-state index in [-0.39, 0.29) is 35.3 Å². The summed E-state index contributed by atoms with van der Waals surface area (Å²) in [6.07, 6.45) is 10.5. The van der Waals surface area contributed by atoms with Crippen LogP contribution in [0.4, 0.5) is 27.0 Å². The Bertz CT molecular complexity index is 3920. The maximum Gasteiger partial charge on any atom is 0.407 e. The summed E-state index contributed by atoms with van der Waals surface area (Å²) in [4.78, 5) is 72.1. The standard InChI is InChI=1S/C27H29N5O3S.C22H21N5OS.C14H20BrN3O2/c1-17-5-7-18(8-6-17)22-13-19-14-29-32(25(33)24(19)36-22)21-9-10-23(28-15-21)31-12-11-20(16-31)30-26(34)35-27(2,3)4;1-14-2-4-15(5-3-14)19-10-16-11-25-27(22(28)21(16)29-19)18-6-7-20(24-12-18)26-9-8-17(23)13-26;1-14(2,3)20-13(19)17-11-6-7-18(9-11)12-5-4-10(15)8-16-12/h5-10,13-15,20H,11-12,16H2,1-4H3,(H,30,34);2-7,10-12,17H,8-9,13,23H2,1H3;4-5,8,11H,6-7,9H2,1-3H3,(H,17,19)/t20-;17-;11-/m111/s1. The minimum Gasteiger partial charge on any atom is -0.444 e. The van der Waals surface area contributed by atoms with E-state index in [0.29, 0.717) is 27.3 Å². The van der Waals surface area contributed by atoms with Crippen LogP contribution in [0.15, 0.2) is 142 Å². The number of amides is 2. The minimum absolute atomic E-state index is 0.00502. The first-order chi connectivity index (χ1) is 40.6. The molecule has 0 saturated carbocycles. The first-order valence-corrected chi connectivity index (χ1v) is 30.7. The first-order valence-electron chi connectivity index (χ1n) is 28.3. The van der Waals surface area contributed by atoms with E-state index < -0.39 is 17.3 Å². The molecule has 3 aliphatic heterocycles. The number of benzene rings is 2.